The highest BCUT2D eigenvalue weighted by molar-refractivity contribution is 8.00. The molecule has 1 aliphatic heterocycles. The van der Waals surface area contributed by atoms with Crippen LogP contribution in [0, 0.1) is 0 Å². The van der Waals surface area contributed by atoms with Crippen LogP contribution >= 0.6 is 11.8 Å². The normalized spacial score (nSPS) is 17.9. The summed E-state index contributed by atoms with van der Waals surface area (Å²) >= 11 is 1.68. The van der Waals surface area contributed by atoms with Crippen molar-refractivity contribution >= 4 is 11.8 Å². The van der Waals surface area contributed by atoms with Crippen molar-refractivity contribution in [2.24, 2.45) is 5.73 Å². The molecular weight excluding hydrogens is 168 g/mol. The van der Waals surface area contributed by atoms with Crippen LogP contribution in [0.2, 0.25) is 0 Å². The topological polar surface area (TPSA) is 38.0 Å². The lowest BCUT2D eigenvalue weighted by Gasteiger charge is -2.11. The summed E-state index contributed by atoms with van der Waals surface area (Å²) in [6, 6.07) is 0. The lowest BCUT2D eigenvalue weighted by atomic mass is 10.3. The van der Waals surface area contributed by atoms with E-state index in [9.17, 15) is 0 Å². The van der Waals surface area contributed by atoms with E-state index in [-0.39, 0.29) is 5.37 Å². The van der Waals surface area contributed by atoms with Gasteiger partial charge in [0.25, 0.3) is 0 Å². The van der Waals surface area contributed by atoms with E-state index in [2.05, 4.69) is 24.0 Å². The fraction of sp³-hybridized carbons (Fsp3) is 0.333. The van der Waals surface area contributed by atoms with Crippen LogP contribution in [-0.2, 0) is 0 Å². The molecule has 1 aliphatic rings. The van der Waals surface area contributed by atoms with Crippen molar-refractivity contribution < 1.29 is 0 Å². The van der Waals surface area contributed by atoms with E-state index in [0.29, 0.717) is 0 Å². The molecule has 0 aromatic carbocycles. The summed E-state index contributed by atoms with van der Waals surface area (Å²) in [7, 11) is 0. The van der Waals surface area contributed by atoms with Crippen molar-refractivity contribution in [3.8, 4) is 0 Å². The third kappa shape index (κ3) is 3.15. The van der Waals surface area contributed by atoms with Gasteiger partial charge in [-0.3, -0.25) is 0 Å². The Morgan fingerprint density at radius 2 is 2.67 bits per heavy atom. The van der Waals surface area contributed by atoms with Crippen LogP contribution in [-0.4, -0.2) is 11.1 Å². The molecule has 0 amide bonds. The summed E-state index contributed by atoms with van der Waals surface area (Å²) in [5.41, 5.74) is 6.90. The number of thioether (sulfide) groups is 1. The van der Waals surface area contributed by atoms with E-state index in [0.717, 1.165) is 12.2 Å². The van der Waals surface area contributed by atoms with Crippen LogP contribution < -0.4 is 11.1 Å². The van der Waals surface area contributed by atoms with Gasteiger partial charge in [-0.05, 0) is 12.6 Å². The summed E-state index contributed by atoms with van der Waals surface area (Å²) in [4.78, 5) is 0. The molecule has 0 aromatic heterocycles. The van der Waals surface area contributed by atoms with Crippen molar-refractivity contribution in [1.82, 2.24) is 5.32 Å². The Balaban J connectivity index is 2.22. The zero-order valence-electron chi connectivity index (χ0n) is 6.99. The van der Waals surface area contributed by atoms with E-state index in [1.807, 2.05) is 6.20 Å². The average molecular weight is 182 g/mol. The first-order valence-corrected chi connectivity index (χ1v) is 4.98. The monoisotopic (exact) mass is 182 g/mol. The van der Waals surface area contributed by atoms with Gasteiger partial charge in [0, 0.05) is 11.4 Å². The summed E-state index contributed by atoms with van der Waals surface area (Å²) in [6.07, 6.45) is 9.00. The molecule has 0 spiro atoms. The van der Waals surface area contributed by atoms with Gasteiger partial charge < -0.3 is 11.1 Å². The summed E-state index contributed by atoms with van der Waals surface area (Å²) < 4.78 is 0. The summed E-state index contributed by atoms with van der Waals surface area (Å²) in [6.45, 7) is 3.62. The quantitative estimate of drug-likeness (QED) is 0.512. The lowest BCUT2D eigenvalue weighted by Crippen LogP contribution is -2.16. The maximum absolute atomic E-state index is 5.66. The van der Waals surface area contributed by atoms with Crippen molar-refractivity contribution in [3.63, 3.8) is 0 Å². The molecule has 0 bridgehead atoms. The molecule has 1 rings (SSSR count). The van der Waals surface area contributed by atoms with Gasteiger partial charge >= 0.3 is 0 Å². The summed E-state index contributed by atoms with van der Waals surface area (Å²) in [5.74, 6) is 0.928. The number of nitrogens with one attached hydrogen (secondary N) is 1. The van der Waals surface area contributed by atoms with Gasteiger partial charge in [-0.2, -0.15) is 0 Å². The Morgan fingerprint density at radius 3 is 3.25 bits per heavy atom. The highest BCUT2D eigenvalue weighted by atomic mass is 32.2. The minimum absolute atomic E-state index is 0.0404. The molecule has 66 valence electrons. The highest BCUT2D eigenvalue weighted by Gasteiger charge is 2.01. The number of rotatable bonds is 4. The minimum Gasteiger partial charge on any atom is -0.365 e. The van der Waals surface area contributed by atoms with Crippen molar-refractivity contribution in [1.29, 1.82) is 0 Å². The van der Waals surface area contributed by atoms with Gasteiger partial charge in [-0.1, -0.05) is 18.2 Å². The molecule has 3 heteroatoms. The Kier molecular flexibility index (Phi) is 3.97. The number of allylic oxidation sites excluding steroid dienone is 2. The number of hydrogen-bond donors (Lipinski definition) is 2. The second-order valence-corrected chi connectivity index (χ2v) is 3.69. The van der Waals surface area contributed by atoms with Gasteiger partial charge in [0.1, 0.15) is 0 Å². The second kappa shape index (κ2) is 5.06. The first kappa shape index (κ1) is 9.42. The predicted molar refractivity (Wildman–Crippen MR) is 55.6 cm³/mol. The van der Waals surface area contributed by atoms with Crippen LogP contribution in [0.3, 0.4) is 0 Å². The Hall–Kier alpha value is -0.670. The van der Waals surface area contributed by atoms with Gasteiger partial charge in [-0.15, -0.1) is 18.3 Å². The Morgan fingerprint density at radius 1 is 1.83 bits per heavy atom. The van der Waals surface area contributed by atoms with Crippen molar-refractivity contribution in [3.05, 3.63) is 36.7 Å². The largest absolute Gasteiger partial charge is 0.365 e. The fourth-order valence-corrected chi connectivity index (χ4v) is 1.57. The zero-order valence-corrected chi connectivity index (χ0v) is 7.81. The van der Waals surface area contributed by atoms with Crippen LogP contribution in [0.1, 0.15) is 6.42 Å². The van der Waals surface area contributed by atoms with Crippen LogP contribution in [0.15, 0.2) is 36.7 Å². The van der Waals surface area contributed by atoms with E-state index < -0.39 is 0 Å². The Bertz CT molecular complexity index is 209. The number of nitrogens with two attached hydrogens (primary N) is 1. The predicted octanol–water partition coefficient (Wildman–Crippen LogP) is 1.58. The second-order valence-electron chi connectivity index (χ2n) is 2.52. The first-order chi connectivity index (χ1) is 5.83. The van der Waals surface area contributed by atoms with Crippen molar-refractivity contribution in [2.45, 2.75) is 11.8 Å². The molecular formula is C9H14N2S. The van der Waals surface area contributed by atoms with Gasteiger partial charge in [-0.25, -0.2) is 0 Å². The number of hydrogen-bond acceptors (Lipinski definition) is 3. The van der Waals surface area contributed by atoms with Gasteiger partial charge in [0.2, 0.25) is 0 Å². The van der Waals surface area contributed by atoms with Gasteiger partial charge in [0.15, 0.2) is 0 Å². The molecule has 1 atom stereocenters. The molecule has 0 aromatic rings. The standard InChI is InChI=1S/C9H14N2S/c1-2-9(10)12-7-8-5-3-4-6-11-8/h2,4-6,9,11H,1,3,7,10H2. The maximum Gasteiger partial charge on any atom is 0.0695 e. The van der Waals surface area contributed by atoms with Crippen LogP contribution in [0.5, 0.6) is 0 Å². The minimum atomic E-state index is 0.0404. The lowest BCUT2D eigenvalue weighted by molar-refractivity contribution is 1.00. The first-order valence-electron chi connectivity index (χ1n) is 3.93. The molecule has 0 fully saturated rings. The van der Waals surface area contributed by atoms with E-state index in [4.69, 9.17) is 5.73 Å². The third-order valence-electron chi connectivity index (χ3n) is 1.55. The van der Waals surface area contributed by atoms with Gasteiger partial charge in [0.05, 0.1) is 5.37 Å². The van der Waals surface area contributed by atoms with Crippen LogP contribution in [0.25, 0.3) is 0 Å². The summed E-state index contributed by atoms with van der Waals surface area (Å²) in [5, 5.41) is 3.21. The number of dihydropyridines is 1. The molecule has 3 N–H and O–H groups in total. The third-order valence-corrected chi connectivity index (χ3v) is 2.61. The molecule has 1 heterocycles. The molecule has 12 heavy (non-hydrogen) atoms. The molecule has 1 unspecified atom stereocenters. The van der Waals surface area contributed by atoms with E-state index in [1.165, 1.54) is 5.70 Å². The molecule has 0 saturated carbocycles. The average Bonchev–Trinajstić information content (AvgIpc) is 2.16. The fourth-order valence-electron chi connectivity index (χ4n) is 0.858. The highest BCUT2D eigenvalue weighted by Crippen LogP contribution is 2.12. The van der Waals surface area contributed by atoms with E-state index >= 15 is 0 Å². The van der Waals surface area contributed by atoms with E-state index in [1.54, 1.807) is 17.8 Å². The smallest absolute Gasteiger partial charge is 0.0695 e. The van der Waals surface area contributed by atoms with Crippen LogP contribution in [0.4, 0.5) is 0 Å². The zero-order chi connectivity index (χ0) is 8.81. The Labute approximate surface area is 77.6 Å². The molecule has 0 saturated heterocycles. The SMILES string of the molecule is C=CC(N)SCC1=CCC=CN1. The van der Waals surface area contributed by atoms with Crippen molar-refractivity contribution in [2.75, 3.05) is 5.75 Å². The molecule has 2 nitrogen and oxygen atoms in total. The maximum atomic E-state index is 5.66. The molecule has 0 radical (unpaired) electrons. The molecule has 0 aliphatic carbocycles.